The Balaban J connectivity index is 2.16. The number of benzene rings is 1. The first kappa shape index (κ1) is 12.1. The van der Waals surface area contributed by atoms with E-state index < -0.39 is 0 Å². The average Bonchev–Trinajstić information content (AvgIpc) is 2.84. The minimum Gasteiger partial charge on any atom is -0.472 e. The summed E-state index contributed by atoms with van der Waals surface area (Å²) in [7, 11) is 0. The van der Waals surface area contributed by atoms with Crippen molar-refractivity contribution in [2.75, 3.05) is 11.9 Å². The van der Waals surface area contributed by atoms with Gasteiger partial charge in [0.05, 0.1) is 23.0 Å². The van der Waals surface area contributed by atoms with E-state index in [0.29, 0.717) is 11.0 Å². The van der Waals surface area contributed by atoms with E-state index in [9.17, 15) is 4.39 Å². The van der Waals surface area contributed by atoms with Crippen LogP contribution in [0.1, 0.15) is 11.6 Å². The molecule has 17 heavy (non-hydrogen) atoms. The number of nitrogens with two attached hydrogens (primary N) is 1. The molecule has 1 unspecified atom stereocenters. The summed E-state index contributed by atoms with van der Waals surface area (Å²) in [4.78, 5) is 0. The van der Waals surface area contributed by atoms with Gasteiger partial charge >= 0.3 is 0 Å². The van der Waals surface area contributed by atoms with Crippen LogP contribution in [-0.2, 0) is 0 Å². The van der Waals surface area contributed by atoms with Crippen molar-refractivity contribution in [1.82, 2.24) is 0 Å². The normalized spacial score (nSPS) is 12.4. The predicted octanol–water partition coefficient (Wildman–Crippen LogP) is 3.29. The quantitative estimate of drug-likeness (QED) is 0.911. The van der Waals surface area contributed by atoms with Crippen LogP contribution in [0.3, 0.4) is 0 Å². The molecule has 0 saturated carbocycles. The summed E-state index contributed by atoms with van der Waals surface area (Å²) in [6, 6.07) is 6.55. The van der Waals surface area contributed by atoms with Crippen LogP contribution in [0, 0.1) is 5.82 Å². The fourth-order valence-corrected chi connectivity index (χ4v) is 1.92. The average molecular weight is 299 g/mol. The van der Waals surface area contributed by atoms with Crippen LogP contribution in [0.15, 0.2) is 45.7 Å². The third-order valence-electron chi connectivity index (χ3n) is 2.44. The third kappa shape index (κ3) is 2.87. The Kier molecular flexibility index (Phi) is 3.81. The van der Waals surface area contributed by atoms with Gasteiger partial charge in [-0.3, -0.25) is 0 Å². The summed E-state index contributed by atoms with van der Waals surface area (Å²) in [6.45, 7) is 0.425. The molecule has 0 fully saturated rings. The van der Waals surface area contributed by atoms with E-state index in [1.165, 1.54) is 6.07 Å². The minimum absolute atomic E-state index is 0.0499. The monoisotopic (exact) mass is 298 g/mol. The summed E-state index contributed by atoms with van der Waals surface area (Å²) < 4.78 is 18.5. The van der Waals surface area contributed by atoms with Crippen LogP contribution in [-0.4, -0.2) is 6.54 Å². The molecule has 1 heterocycles. The Bertz CT molecular complexity index is 487. The molecule has 0 spiro atoms. The van der Waals surface area contributed by atoms with Crippen LogP contribution < -0.4 is 11.1 Å². The summed E-state index contributed by atoms with van der Waals surface area (Å²) in [5, 5.41) is 3.22. The molecule has 0 aliphatic carbocycles. The molecule has 1 atom stereocenters. The molecular weight excluding hydrogens is 287 g/mol. The van der Waals surface area contributed by atoms with Crippen LogP contribution in [0.2, 0.25) is 0 Å². The topological polar surface area (TPSA) is 51.2 Å². The Morgan fingerprint density at radius 2 is 2.24 bits per heavy atom. The molecule has 0 bridgehead atoms. The van der Waals surface area contributed by atoms with Gasteiger partial charge in [-0.05, 0) is 40.2 Å². The van der Waals surface area contributed by atoms with Gasteiger partial charge in [-0.25, -0.2) is 4.39 Å². The minimum atomic E-state index is -0.289. The van der Waals surface area contributed by atoms with Crippen molar-refractivity contribution in [3.8, 4) is 0 Å². The summed E-state index contributed by atoms with van der Waals surface area (Å²) in [5.74, 6) is -0.289. The SMILES string of the molecule is NCC(Nc1ccc(F)c(Br)c1)c1ccoc1. The summed E-state index contributed by atoms with van der Waals surface area (Å²) >= 11 is 3.14. The zero-order chi connectivity index (χ0) is 12.3. The van der Waals surface area contributed by atoms with E-state index in [-0.39, 0.29) is 11.9 Å². The van der Waals surface area contributed by atoms with Gasteiger partial charge in [0.25, 0.3) is 0 Å². The van der Waals surface area contributed by atoms with E-state index in [1.807, 2.05) is 6.07 Å². The maximum absolute atomic E-state index is 13.1. The highest BCUT2D eigenvalue weighted by molar-refractivity contribution is 9.10. The Morgan fingerprint density at radius 3 is 2.82 bits per heavy atom. The van der Waals surface area contributed by atoms with Gasteiger partial charge in [0, 0.05) is 17.8 Å². The molecule has 90 valence electrons. The van der Waals surface area contributed by atoms with Gasteiger partial charge in [0.2, 0.25) is 0 Å². The lowest BCUT2D eigenvalue weighted by Crippen LogP contribution is -2.20. The Hall–Kier alpha value is -1.33. The third-order valence-corrected chi connectivity index (χ3v) is 3.05. The summed E-state index contributed by atoms with van der Waals surface area (Å²) in [5.41, 5.74) is 7.46. The maximum Gasteiger partial charge on any atom is 0.137 e. The number of hydrogen-bond acceptors (Lipinski definition) is 3. The van der Waals surface area contributed by atoms with Crippen molar-refractivity contribution in [2.24, 2.45) is 5.73 Å². The van der Waals surface area contributed by atoms with Gasteiger partial charge in [0.1, 0.15) is 5.82 Å². The van der Waals surface area contributed by atoms with Gasteiger partial charge in [0.15, 0.2) is 0 Å². The lowest BCUT2D eigenvalue weighted by Gasteiger charge is -2.16. The molecule has 0 amide bonds. The highest BCUT2D eigenvalue weighted by Gasteiger charge is 2.11. The zero-order valence-electron chi connectivity index (χ0n) is 8.99. The molecule has 2 rings (SSSR count). The first-order chi connectivity index (χ1) is 8.20. The van der Waals surface area contributed by atoms with E-state index in [1.54, 1.807) is 24.7 Å². The second-order valence-electron chi connectivity index (χ2n) is 3.62. The molecule has 0 radical (unpaired) electrons. The summed E-state index contributed by atoms with van der Waals surface area (Å²) in [6.07, 6.45) is 3.24. The molecule has 2 aromatic rings. The molecule has 0 saturated heterocycles. The first-order valence-corrected chi connectivity index (χ1v) is 5.93. The Morgan fingerprint density at radius 1 is 1.41 bits per heavy atom. The van der Waals surface area contributed by atoms with Crippen LogP contribution in [0.4, 0.5) is 10.1 Å². The second-order valence-corrected chi connectivity index (χ2v) is 4.47. The van der Waals surface area contributed by atoms with E-state index >= 15 is 0 Å². The number of nitrogens with one attached hydrogen (secondary N) is 1. The highest BCUT2D eigenvalue weighted by Crippen LogP contribution is 2.24. The standard InChI is InChI=1S/C12H12BrFN2O/c13-10-5-9(1-2-11(10)14)16-12(6-15)8-3-4-17-7-8/h1-5,7,12,16H,6,15H2. The maximum atomic E-state index is 13.1. The van der Waals surface area contributed by atoms with Gasteiger partial charge < -0.3 is 15.5 Å². The molecular formula is C12H12BrFN2O. The van der Waals surface area contributed by atoms with Crippen LogP contribution in [0.5, 0.6) is 0 Å². The van der Waals surface area contributed by atoms with Gasteiger partial charge in [-0.1, -0.05) is 0 Å². The van der Waals surface area contributed by atoms with Crippen molar-refractivity contribution in [2.45, 2.75) is 6.04 Å². The molecule has 1 aromatic carbocycles. The lowest BCUT2D eigenvalue weighted by atomic mass is 10.1. The fraction of sp³-hybridized carbons (Fsp3) is 0.167. The smallest absolute Gasteiger partial charge is 0.137 e. The van der Waals surface area contributed by atoms with Gasteiger partial charge in [-0.15, -0.1) is 0 Å². The largest absolute Gasteiger partial charge is 0.472 e. The zero-order valence-corrected chi connectivity index (χ0v) is 10.6. The molecule has 0 aliphatic heterocycles. The molecule has 0 aliphatic rings. The van der Waals surface area contributed by atoms with E-state index in [2.05, 4.69) is 21.2 Å². The van der Waals surface area contributed by atoms with Gasteiger partial charge in [-0.2, -0.15) is 0 Å². The number of hydrogen-bond donors (Lipinski definition) is 2. The number of rotatable bonds is 4. The van der Waals surface area contributed by atoms with E-state index in [0.717, 1.165) is 11.3 Å². The number of anilines is 1. The number of furan rings is 1. The fourth-order valence-electron chi connectivity index (χ4n) is 1.54. The highest BCUT2D eigenvalue weighted by atomic mass is 79.9. The number of halogens is 2. The van der Waals surface area contributed by atoms with Crippen molar-refractivity contribution < 1.29 is 8.81 Å². The predicted molar refractivity (Wildman–Crippen MR) is 68.2 cm³/mol. The van der Waals surface area contributed by atoms with Crippen molar-refractivity contribution in [3.63, 3.8) is 0 Å². The van der Waals surface area contributed by atoms with Crippen molar-refractivity contribution in [1.29, 1.82) is 0 Å². The second kappa shape index (κ2) is 5.33. The molecule has 3 nitrogen and oxygen atoms in total. The molecule has 5 heteroatoms. The molecule has 3 N–H and O–H groups in total. The van der Waals surface area contributed by atoms with Crippen molar-refractivity contribution in [3.05, 3.63) is 52.6 Å². The first-order valence-electron chi connectivity index (χ1n) is 5.14. The lowest BCUT2D eigenvalue weighted by molar-refractivity contribution is 0.561. The van der Waals surface area contributed by atoms with Crippen molar-refractivity contribution >= 4 is 21.6 Å². The van der Waals surface area contributed by atoms with E-state index in [4.69, 9.17) is 10.2 Å². The van der Waals surface area contributed by atoms with Crippen LogP contribution >= 0.6 is 15.9 Å². The Labute approximate surface area is 107 Å². The molecule has 1 aromatic heterocycles. The van der Waals surface area contributed by atoms with Crippen LogP contribution in [0.25, 0.3) is 0 Å².